The Morgan fingerprint density at radius 2 is 1.88 bits per heavy atom. The number of Topliss-reactive ketones (excluding diaryl/α,β-unsaturated/α-hetero) is 1. The Kier molecular flexibility index (Phi) is 4.78. The molecule has 0 saturated carbocycles. The van der Waals surface area contributed by atoms with E-state index in [4.69, 9.17) is 27.9 Å². The summed E-state index contributed by atoms with van der Waals surface area (Å²) >= 11 is 12.1. The summed E-state index contributed by atoms with van der Waals surface area (Å²) in [7, 11) is 0. The molecule has 3 rings (SSSR count). The predicted molar refractivity (Wildman–Crippen MR) is 94.4 cm³/mol. The van der Waals surface area contributed by atoms with E-state index in [9.17, 15) is 9.59 Å². The van der Waals surface area contributed by atoms with Crippen LogP contribution in [0.1, 0.15) is 22.3 Å². The molecule has 24 heavy (non-hydrogen) atoms. The third-order valence-electron chi connectivity index (χ3n) is 3.86. The number of benzene rings is 2. The Bertz CT molecular complexity index is 820. The quantitative estimate of drug-likeness (QED) is 0.587. The minimum Gasteiger partial charge on any atom is -0.494 e. The van der Waals surface area contributed by atoms with Crippen LogP contribution in [0.5, 0.6) is 5.75 Å². The first-order chi connectivity index (χ1) is 11.5. The summed E-state index contributed by atoms with van der Waals surface area (Å²) in [5, 5.41) is 1.09. The molecule has 0 bridgehead atoms. The van der Waals surface area contributed by atoms with Crippen LogP contribution in [-0.4, -0.2) is 24.8 Å². The van der Waals surface area contributed by atoms with Gasteiger partial charge in [-0.05, 0) is 49.2 Å². The van der Waals surface area contributed by atoms with Gasteiger partial charge in [0.1, 0.15) is 5.75 Å². The molecule has 0 N–H and O–H groups in total. The second kappa shape index (κ2) is 6.83. The van der Waals surface area contributed by atoms with Gasteiger partial charge in [-0.3, -0.25) is 9.59 Å². The zero-order valence-corrected chi connectivity index (χ0v) is 14.5. The Morgan fingerprint density at radius 3 is 2.62 bits per heavy atom. The number of carbonyl (C=O) groups excluding carboxylic acids is 2. The highest BCUT2D eigenvalue weighted by molar-refractivity contribution is 6.54. The number of ketones is 1. The average Bonchev–Trinajstić information content (AvgIpc) is 2.81. The maximum atomic E-state index is 12.1. The van der Waals surface area contributed by atoms with Crippen LogP contribution in [-0.2, 0) is 4.79 Å². The van der Waals surface area contributed by atoms with E-state index in [0.29, 0.717) is 40.9 Å². The van der Waals surface area contributed by atoms with Crippen molar-refractivity contribution in [1.29, 1.82) is 0 Å². The number of aryl methyl sites for hydroxylation is 1. The molecule has 1 amide bonds. The molecule has 4 nitrogen and oxygen atoms in total. The van der Waals surface area contributed by atoms with Gasteiger partial charge in [0.2, 0.25) is 0 Å². The Labute approximate surface area is 149 Å². The maximum Gasteiger partial charge on any atom is 0.299 e. The number of fused-ring (bicyclic) bond motifs is 1. The molecular formula is C18H15Cl2NO3. The fourth-order valence-electron chi connectivity index (χ4n) is 2.65. The monoisotopic (exact) mass is 363 g/mol. The van der Waals surface area contributed by atoms with Gasteiger partial charge in [-0.25, -0.2) is 0 Å². The third kappa shape index (κ3) is 3.12. The number of hydrogen-bond acceptors (Lipinski definition) is 3. The standard InChI is InChI=1S/C18H15Cl2NO3/c1-11-10-12(6-7-14(11)19)24-9-3-8-21-16-13(17(22)18(21)23)4-2-5-15(16)20/h2,4-7,10H,3,8-9H2,1H3. The van der Waals surface area contributed by atoms with Crippen LogP contribution in [0.2, 0.25) is 10.0 Å². The van der Waals surface area contributed by atoms with Crippen molar-refractivity contribution in [3.63, 3.8) is 0 Å². The largest absolute Gasteiger partial charge is 0.494 e. The van der Waals surface area contributed by atoms with Crippen molar-refractivity contribution in [2.24, 2.45) is 0 Å². The Balaban J connectivity index is 1.62. The van der Waals surface area contributed by atoms with Gasteiger partial charge < -0.3 is 9.64 Å². The number of para-hydroxylation sites is 1. The number of halogens is 2. The van der Waals surface area contributed by atoms with E-state index in [1.807, 2.05) is 13.0 Å². The van der Waals surface area contributed by atoms with Crippen LogP contribution < -0.4 is 9.64 Å². The highest BCUT2D eigenvalue weighted by Crippen LogP contribution is 2.35. The van der Waals surface area contributed by atoms with Crippen LogP contribution in [0, 0.1) is 6.92 Å². The zero-order chi connectivity index (χ0) is 17.3. The minimum atomic E-state index is -0.541. The molecule has 0 spiro atoms. The molecule has 2 aromatic rings. The van der Waals surface area contributed by atoms with Crippen LogP contribution in [0.15, 0.2) is 36.4 Å². The summed E-state index contributed by atoms with van der Waals surface area (Å²) in [5.41, 5.74) is 1.80. The number of anilines is 1. The molecule has 2 aromatic carbocycles. The van der Waals surface area contributed by atoms with Gasteiger partial charge in [-0.1, -0.05) is 29.3 Å². The van der Waals surface area contributed by atoms with Crippen molar-refractivity contribution in [2.45, 2.75) is 13.3 Å². The molecule has 0 saturated heterocycles. The van der Waals surface area contributed by atoms with E-state index in [1.54, 1.807) is 30.3 Å². The lowest BCUT2D eigenvalue weighted by molar-refractivity contribution is -0.114. The van der Waals surface area contributed by atoms with Gasteiger partial charge in [-0.15, -0.1) is 0 Å². The number of ether oxygens (including phenoxy) is 1. The fourth-order valence-corrected chi connectivity index (χ4v) is 3.04. The van der Waals surface area contributed by atoms with Crippen LogP contribution in [0.25, 0.3) is 0 Å². The number of hydrogen-bond donors (Lipinski definition) is 0. The smallest absolute Gasteiger partial charge is 0.299 e. The Morgan fingerprint density at radius 1 is 1.08 bits per heavy atom. The molecular weight excluding hydrogens is 349 g/mol. The van der Waals surface area contributed by atoms with Gasteiger partial charge in [0.25, 0.3) is 11.7 Å². The molecule has 0 radical (unpaired) electrons. The normalized spacial score (nSPS) is 13.4. The topological polar surface area (TPSA) is 46.6 Å². The van der Waals surface area contributed by atoms with Crippen molar-refractivity contribution < 1.29 is 14.3 Å². The van der Waals surface area contributed by atoms with Gasteiger partial charge in [0, 0.05) is 11.6 Å². The first-order valence-corrected chi connectivity index (χ1v) is 8.28. The van der Waals surface area contributed by atoms with E-state index >= 15 is 0 Å². The Hall–Kier alpha value is -2.04. The predicted octanol–water partition coefficient (Wildman–Crippen LogP) is 4.30. The first-order valence-electron chi connectivity index (χ1n) is 7.52. The molecule has 6 heteroatoms. The minimum absolute atomic E-state index is 0.363. The average molecular weight is 364 g/mol. The SMILES string of the molecule is Cc1cc(OCCCN2C(=O)C(=O)c3cccc(Cl)c32)ccc1Cl. The molecule has 0 fully saturated rings. The van der Waals surface area contributed by atoms with E-state index in [1.165, 1.54) is 4.90 Å². The fraction of sp³-hybridized carbons (Fsp3) is 0.222. The molecule has 0 atom stereocenters. The summed E-state index contributed by atoms with van der Waals surface area (Å²) in [4.78, 5) is 25.5. The number of amides is 1. The lowest BCUT2D eigenvalue weighted by atomic mass is 10.1. The van der Waals surface area contributed by atoms with E-state index in [0.717, 1.165) is 11.3 Å². The molecule has 124 valence electrons. The van der Waals surface area contributed by atoms with Crippen molar-refractivity contribution in [3.05, 3.63) is 57.6 Å². The molecule has 1 aliphatic rings. The van der Waals surface area contributed by atoms with E-state index < -0.39 is 11.7 Å². The van der Waals surface area contributed by atoms with Crippen molar-refractivity contribution in [1.82, 2.24) is 0 Å². The van der Waals surface area contributed by atoms with Crippen LogP contribution in [0.3, 0.4) is 0 Å². The highest BCUT2D eigenvalue weighted by Gasteiger charge is 2.36. The summed E-state index contributed by atoms with van der Waals surface area (Å²) in [5.74, 6) is -0.332. The van der Waals surface area contributed by atoms with Crippen LogP contribution >= 0.6 is 23.2 Å². The van der Waals surface area contributed by atoms with Gasteiger partial charge in [0.15, 0.2) is 0 Å². The molecule has 1 aliphatic heterocycles. The van der Waals surface area contributed by atoms with Crippen molar-refractivity contribution in [3.8, 4) is 5.75 Å². The van der Waals surface area contributed by atoms with E-state index in [-0.39, 0.29) is 0 Å². The number of carbonyl (C=O) groups is 2. The molecule has 0 unspecified atom stereocenters. The van der Waals surface area contributed by atoms with Gasteiger partial charge in [-0.2, -0.15) is 0 Å². The molecule has 0 aromatic heterocycles. The summed E-state index contributed by atoms with van der Waals surface area (Å²) in [6.45, 7) is 2.69. The summed E-state index contributed by atoms with van der Waals surface area (Å²) in [6, 6.07) is 10.4. The second-order valence-corrected chi connectivity index (χ2v) is 6.35. The zero-order valence-electron chi connectivity index (χ0n) is 13.0. The van der Waals surface area contributed by atoms with Crippen molar-refractivity contribution >= 4 is 40.6 Å². The number of nitrogens with zero attached hydrogens (tertiary/aromatic N) is 1. The molecule has 1 heterocycles. The van der Waals surface area contributed by atoms with Gasteiger partial charge >= 0.3 is 0 Å². The first kappa shape index (κ1) is 16.8. The molecule has 0 aliphatic carbocycles. The lowest BCUT2D eigenvalue weighted by Crippen LogP contribution is -2.31. The van der Waals surface area contributed by atoms with Crippen molar-refractivity contribution in [2.75, 3.05) is 18.1 Å². The maximum absolute atomic E-state index is 12.1. The third-order valence-corrected chi connectivity index (χ3v) is 4.59. The van der Waals surface area contributed by atoms with Gasteiger partial charge in [0.05, 0.1) is 22.9 Å². The van der Waals surface area contributed by atoms with E-state index in [2.05, 4.69) is 0 Å². The second-order valence-electron chi connectivity index (χ2n) is 5.53. The summed E-state index contributed by atoms with van der Waals surface area (Å²) in [6.07, 6.45) is 0.575. The highest BCUT2D eigenvalue weighted by atomic mass is 35.5. The number of rotatable bonds is 5. The van der Waals surface area contributed by atoms with Crippen LogP contribution in [0.4, 0.5) is 5.69 Å². The lowest BCUT2D eigenvalue weighted by Gasteiger charge is -2.17. The summed E-state index contributed by atoms with van der Waals surface area (Å²) < 4.78 is 5.67.